The first-order valence-corrected chi connectivity index (χ1v) is 7.89. The lowest BCUT2D eigenvalue weighted by molar-refractivity contribution is 0.479. The van der Waals surface area contributed by atoms with Crippen LogP contribution in [-0.2, 0) is 0 Å². The summed E-state index contributed by atoms with van der Waals surface area (Å²) in [7, 11) is 0. The van der Waals surface area contributed by atoms with Crippen LogP contribution in [0.5, 0.6) is 5.75 Å². The molecule has 0 saturated heterocycles. The van der Waals surface area contributed by atoms with E-state index in [0.717, 1.165) is 10.5 Å². The van der Waals surface area contributed by atoms with Crippen molar-refractivity contribution in [3.05, 3.63) is 53.9 Å². The van der Waals surface area contributed by atoms with Gasteiger partial charge in [-0.3, -0.25) is 0 Å². The fraction of sp³-hybridized carbons (Fsp3) is 0.235. The Balaban J connectivity index is 0.00000102. The molecule has 0 spiro atoms. The largest absolute Gasteiger partial charge is 0.506 e. The second-order valence-electron chi connectivity index (χ2n) is 3.53. The van der Waals surface area contributed by atoms with Gasteiger partial charge in [-0.2, -0.15) is 5.10 Å². The topological polar surface area (TPSA) is 38.0 Å². The van der Waals surface area contributed by atoms with Crippen LogP contribution in [0, 0.1) is 0 Å². The Morgan fingerprint density at radius 2 is 1.82 bits per heavy atom. The van der Waals surface area contributed by atoms with Gasteiger partial charge in [-0.15, -0.1) is 0 Å². The number of aromatic hydroxyl groups is 1. The lowest BCUT2D eigenvalue weighted by Crippen LogP contribution is -1.98. The predicted molar refractivity (Wildman–Crippen MR) is 96.5 cm³/mol. The van der Waals surface area contributed by atoms with Crippen molar-refractivity contribution in [3.8, 4) is 5.75 Å². The van der Waals surface area contributed by atoms with Crippen molar-refractivity contribution >= 4 is 32.5 Å². The van der Waals surface area contributed by atoms with Gasteiger partial charge >= 0.3 is 0 Å². The summed E-state index contributed by atoms with van der Waals surface area (Å²) < 4.78 is 15.7. The summed E-state index contributed by atoms with van der Waals surface area (Å²) in [5.41, 5.74) is 0.546. The van der Waals surface area contributed by atoms with E-state index < -0.39 is 5.83 Å². The maximum Gasteiger partial charge on any atom is 0.148 e. The third kappa shape index (κ3) is 4.07. The average Bonchev–Trinajstić information content (AvgIpc) is 3.01. The molecule has 0 saturated carbocycles. The first kappa shape index (κ1) is 20.1. The molecule has 1 N–H and O–H groups in total. The Labute approximate surface area is 139 Å². The van der Waals surface area contributed by atoms with Gasteiger partial charge in [0.25, 0.3) is 0 Å². The second kappa shape index (κ2) is 9.95. The summed E-state index contributed by atoms with van der Waals surface area (Å²) in [6.45, 7) is 14.9. The van der Waals surface area contributed by atoms with Crippen LogP contribution in [0.4, 0.5) is 4.39 Å². The molecule has 0 amide bonds. The molecule has 0 radical (unpaired) electrons. The number of phenols is 1. The molecule has 0 aliphatic rings. The number of fused-ring (bicyclic) bond motifs is 1. The third-order valence-electron chi connectivity index (χ3n) is 2.50. The average molecular weight is 369 g/mol. The van der Waals surface area contributed by atoms with Crippen LogP contribution in [0.25, 0.3) is 16.6 Å². The van der Waals surface area contributed by atoms with E-state index in [9.17, 15) is 9.50 Å². The minimum Gasteiger partial charge on any atom is -0.506 e. The highest BCUT2D eigenvalue weighted by atomic mass is 79.9. The summed E-state index contributed by atoms with van der Waals surface area (Å²) in [5.74, 6) is -0.545. The number of rotatable bonds is 3. The molecule has 0 atom stereocenters. The Morgan fingerprint density at radius 3 is 2.32 bits per heavy atom. The lowest BCUT2D eigenvalue weighted by Gasteiger charge is -2.06. The normalized spacial score (nSPS) is 10.6. The zero-order valence-corrected chi connectivity index (χ0v) is 15.0. The third-order valence-corrected chi connectivity index (χ3v) is 3.19. The zero-order chi connectivity index (χ0) is 17.3. The van der Waals surface area contributed by atoms with Gasteiger partial charge in [-0.1, -0.05) is 56.8 Å². The summed E-state index contributed by atoms with van der Waals surface area (Å²) >= 11 is 3.35. The molecule has 0 unspecified atom stereocenters. The zero-order valence-electron chi connectivity index (χ0n) is 13.4. The number of allylic oxidation sites excluding steroid dienone is 4. The van der Waals surface area contributed by atoms with Crippen LogP contribution in [0.1, 0.15) is 27.7 Å². The van der Waals surface area contributed by atoms with Crippen molar-refractivity contribution in [1.82, 2.24) is 9.78 Å². The molecule has 1 aromatic carbocycles. The maximum absolute atomic E-state index is 13.7. The Bertz CT molecular complexity index is 675. The molecular formula is C17H22BrFN2O. The molecule has 120 valence electrons. The van der Waals surface area contributed by atoms with E-state index in [1.54, 1.807) is 12.3 Å². The quantitative estimate of drug-likeness (QED) is 0.667. The Kier molecular flexibility index (Phi) is 9.10. The molecule has 22 heavy (non-hydrogen) atoms. The molecule has 5 heteroatoms. The van der Waals surface area contributed by atoms with Crippen LogP contribution in [-0.4, -0.2) is 14.9 Å². The number of phenolic OH excluding ortho intramolecular Hbond substituents is 1. The highest BCUT2D eigenvalue weighted by Gasteiger charge is 2.14. The van der Waals surface area contributed by atoms with E-state index in [1.165, 1.54) is 16.8 Å². The molecule has 0 bridgehead atoms. The number of aromatic nitrogens is 2. The molecule has 1 heterocycles. The Morgan fingerprint density at radius 1 is 1.23 bits per heavy atom. The van der Waals surface area contributed by atoms with Crippen LogP contribution in [0.2, 0.25) is 0 Å². The van der Waals surface area contributed by atoms with Gasteiger partial charge in [0, 0.05) is 9.86 Å². The molecule has 3 nitrogen and oxygen atoms in total. The highest BCUT2D eigenvalue weighted by Crippen LogP contribution is 2.33. The smallest absolute Gasteiger partial charge is 0.148 e. The van der Waals surface area contributed by atoms with Gasteiger partial charge in [-0.05, 0) is 24.3 Å². The number of benzene rings is 1. The second-order valence-corrected chi connectivity index (χ2v) is 4.38. The van der Waals surface area contributed by atoms with Crippen molar-refractivity contribution in [2.24, 2.45) is 0 Å². The predicted octanol–water partition coefficient (Wildman–Crippen LogP) is 6.07. The molecule has 0 fully saturated rings. The van der Waals surface area contributed by atoms with Gasteiger partial charge in [0.05, 0.1) is 6.20 Å². The Hall–Kier alpha value is -1.88. The van der Waals surface area contributed by atoms with Gasteiger partial charge in [0.2, 0.25) is 0 Å². The minimum absolute atomic E-state index is 0.0157. The van der Waals surface area contributed by atoms with Crippen LogP contribution in [0.15, 0.2) is 53.9 Å². The standard InChI is InChI=1S/C13H10BrFN2O.2C2H6/c1-3-10(15)11(4-2)17-13-8(7-16-17)9(14)5-6-12(13)18;2*1-2/h3-7,18H,1-2H2;2*1-2H3/b11-10-;;. The lowest BCUT2D eigenvalue weighted by atomic mass is 10.2. The number of nitrogens with zero attached hydrogens (tertiary/aromatic N) is 2. The number of hydrogen-bond donors (Lipinski definition) is 1. The molecular weight excluding hydrogens is 347 g/mol. The number of halogens is 2. The maximum atomic E-state index is 13.7. The molecule has 0 aliphatic heterocycles. The fourth-order valence-corrected chi connectivity index (χ4v) is 2.09. The van der Waals surface area contributed by atoms with Crippen LogP contribution >= 0.6 is 15.9 Å². The van der Waals surface area contributed by atoms with Gasteiger partial charge < -0.3 is 5.11 Å². The van der Waals surface area contributed by atoms with Crippen LogP contribution < -0.4 is 0 Å². The van der Waals surface area contributed by atoms with E-state index in [0.29, 0.717) is 10.9 Å². The van der Waals surface area contributed by atoms with Gasteiger partial charge in [0.15, 0.2) is 0 Å². The molecule has 1 aromatic heterocycles. The SMILES string of the molecule is C=C/C(F)=C(\C=C)n1ncc2c(Br)ccc(O)c21.CC.CC. The first-order valence-electron chi connectivity index (χ1n) is 7.10. The fourth-order valence-electron chi connectivity index (χ4n) is 1.66. The van der Waals surface area contributed by atoms with Gasteiger partial charge in [0.1, 0.15) is 22.8 Å². The van der Waals surface area contributed by atoms with Crippen molar-refractivity contribution in [3.63, 3.8) is 0 Å². The summed E-state index contributed by atoms with van der Waals surface area (Å²) in [5, 5.41) is 14.6. The van der Waals surface area contributed by atoms with Crippen molar-refractivity contribution in [2.45, 2.75) is 27.7 Å². The van der Waals surface area contributed by atoms with E-state index in [2.05, 4.69) is 34.2 Å². The van der Waals surface area contributed by atoms with Gasteiger partial charge in [-0.25, -0.2) is 9.07 Å². The summed E-state index contributed by atoms with van der Waals surface area (Å²) in [6, 6.07) is 3.21. The molecule has 2 aromatic rings. The first-order chi connectivity index (χ1) is 10.6. The van der Waals surface area contributed by atoms with E-state index in [1.807, 2.05) is 27.7 Å². The molecule has 2 rings (SSSR count). The van der Waals surface area contributed by atoms with E-state index >= 15 is 0 Å². The van der Waals surface area contributed by atoms with Crippen molar-refractivity contribution < 1.29 is 9.50 Å². The minimum atomic E-state index is -0.561. The van der Waals surface area contributed by atoms with Crippen molar-refractivity contribution in [2.75, 3.05) is 0 Å². The van der Waals surface area contributed by atoms with Crippen LogP contribution in [0.3, 0.4) is 0 Å². The van der Waals surface area contributed by atoms with Crippen molar-refractivity contribution in [1.29, 1.82) is 0 Å². The van der Waals surface area contributed by atoms with E-state index in [4.69, 9.17) is 0 Å². The number of hydrogen-bond acceptors (Lipinski definition) is 2. The summed E-state index contributed by atoms with van der Waals surface area (Å²) in [6.07, 6.45) is 3.93. The van der Waals surface area contributed by atoms with E-state index in [-0.39, 0.29) is 11.4 Å². The monoisotopic (exact) mass is 368 g/mol. The molecule has 0 aliphatic carbocycles. The highest BCUT2D eigenvalue weighted by molar-refractivity contribution is 9.10. The summed E-state index contributed by atoms with van der Waals surface area (Å²) in [4.78, 5) is 0.